The molecule has 0 aliphatic rings. The van der Waals surface area contributed by atoms with Gasteiger partial charge in [-0.1, -0.05) is 29.8 Å². The van der Waals surface area contributed by atoms with Crippen molar-refractivity contribution in [2.24, 2.45) is 0 Å². The number of hydrogen-bond acceptors (Lipinski definition) is 2. The van der Waals surface area contributed by atoms with Gasteiger partial charge in [-0.25, -0.2) is 4.79 Å². The highest BCUT2D eigenvalue weighted by molar-refractivity contribution is 5.25. The number of rotatable bonds is 2. The lowest BCUT2D eigenvalue weighted by atomic mass is 10.1. The Labute approximate surface area is 87.8 Å². The average molecular weight is 203 g/mol. The van der Waals surface area contributed by atoms with Crippen molar-refractivity contribution in [1.82, 2.24) is 4.98 Å². The van der Waals surface area contributed by atoms with Gasteiger partial charge in [0.2, 0.25) is 0 Å². The minimum absolute atomic E-state index is 0.380. The first-order valence-electron chi connectivity index (χ1n) is 4.89. The van der Waals surface area contributed by atoms with E-state index in [2.05, 4.69) is 17.1 Å². The number of aromatic nitrogens is 1. The maximum Gasteiger partial charge on any atom is 0.416 e. The van der Waals surface area contributed by atoms with Crippen LogP contribution in [0.15, 0.2) is 33.5 Å². The minimum Gasteiger partial charge on any atom is -0.412 e. The number of H-pyrrole nitrogens is 1. The van der Waals surface area contributed by atoms with E-state index in [1.165, 1.54) is 5.56 Å². The molecule has 0 amide bonds. The predicted octanol–water partition coefficient (Wildman–Crippen LogP) is 2.18. The molecule has 1 aromatic carbocycles. The maximum atomic E-state index is 10.9. The van der Waals surface area contributed by atoms with E-state index >= 15 is 0 Å². The summed E-state index contributed by atoms with van der Waals surface area (Å²) in [7, 11) is 0. The van der Waals surface area contributed by atoms with Gasteiger partial charge in [0.1, 0.15) is 5.76 Å². The normalized spacial score (nSPS) is 10.5. The summed E-state index contributed by atoms with van der Waals surface area (Å²) in [5.74, 6) is 0.332. The van der Waals surface area contributed by atoms with Crippen LogP contribution in [-0.4, -0.2) is 4.98 Å². The molecule has 1 N–H and O–H groups in total. The molecule has 3 heteroatoms. The molecule has 3 nitrogen and oxygen atoms in total. The molecule has 15 heavy (non-hydrogen) atoms. The maximum absolute atomic E-state index is 10.9. The van der Waals surface area contributed by atoms with Crippen LogP contribution < -0.4 is 5.76 Å². The highest BCUT2D eigenvalue weighted by Gasteiger charge is 2.05. The monoisotopic (exact) mass is 203 g/mol. The fourth-order valence-corrected chi connectivity index (χ4v) is 1.50. The van der Waals surface area contributed by atoms with Crippen molar-refractivity contribution in [3.63, 3.8) is 0 Å². The average Bonchev–Trinajstić information content (AvgIpc) is 2.49. The van der Waals surface area contributed by atoms with Crippen LogP contribution in [-0.2, 0) is 6.42 Å². The van der Waals surface area contributed by atoms with Crippen molar-refractivity contribution < 1.29 is 4.42 Å². The van der Waals surface area contributed by atoms with Crippen molar-refractivity contribution in [3.8, 4) is 0 Å². The van der Waals surface area contributed by atoms with E-state index in [0.717, 1.165) is 11.3 Å². The highest BCUT2D eigenvalue weighted by Crippen LogP contribution is 2.11. The van der Waals surface area contributed by atoms with Gasteiger partial charge in [-0.2, -0.15) is 0 Å². The summed E-state index contributed by atoms with van der Waals surface area (Å²) in [4.78, 5) is 13.6. The zero-order valence-corrected chi connectivity index (χ0v) is 8.83. The summed E-state index contributed by atoms with van der Waals surface area (Å²) in [5.41, 5.74) is 3.18. The van der Waals surface area contributed by atoms with Gasteiger partial charge >= 0.3 is 5.76 Å². The lowest BCUT2D eigenvalue weighted by molar-refractivity contribution is 0.476. The molecule has 0 radical (unpaired) electrons. The summed E-state index contributed by atoms with van der Waals surface area (Å²) >= 11 is 0. The molecule has 0 saturated heterocycles. The molecule has 1 aromatic heterocycles. The zero-order valence-electron chi connectivity index (χ0n) is 8.83. The Morgan fingerprint density at radius 1 is 1.20 bits per heavy atom. The standard InChI is InChI=1S/C12H13NO2/c1-8-3-5-10(6-4-8)7-11-9(2)13-12(14)15-11/h3-6H,7H2,1-2H3,(H,13,14). The molecular formula is C12H13NO2. The van der Waals surface area contributed by atoms with E-state index in [1.807, 2.05) is 26.0 Å². The molecule has 0 bridgehead atoms. The molecule has 1 heterocycles. The topological polar surface area (TPSA) is 46.0 Å². The van der Waals surface area contributed by atoms with Crippen LogP contribution in [0.25, 0.3) is 0 Å². The van der Waals surface area contributed by atoms with Crippen molar-refractivity contribution >= 4 is 0 Å². The zero-order chi connectivity index (χ0) is 10.8. The Morgan fingerprint density at radius 2 is 1.87 bits per heavy atom. The van der Waals surface area contributed by atoms with Crippen LogP contribution in [0.5, 0.6) is 0 Å². The second kappa shape index (κ2) is 3.77. The smallest absolute Gasteiger partial charge is 0.412 e. The third-order valence-electron chi connectivity index (χ3n) is 2.41. The minimum atomic E-state index is -0.380. The van der Waals surface area contributed by atoms with Crippen LogP contribution in [0.3, 0.4) is 0 Å². The van der Waals surface area contributed by atoms with E-state index in [4.69, 9.17) is 4.42 Å². The van der Waals surface area contributed by atoms with Gasteiger partial charge in [0.15, 0.2) is 0 Å². The molecule has 78 valence electrons. The second-order valence-electron chi connectivity index (χ2n) is 3.73. The van der Waals surface area contributed by atoms with Crippen molar-refractivity contribution in [2.45, 2.75) is 20.3 Å². The number of hydrogen-bond donors (Lipinski definition) is 1. The quantitative estimate of drug-likeness (QED) is 0.813. The lowest BCUT2D eigenvalue weighted by Crippen LogP contribution is -1.94. The number of aromatic amines is 1. The van der Waals surface area contributed by atoms with E-state index in [-0.39, 0.29) is 5.76 Å². The Bertz CT molecular complexity index is 505. The van der Waals surface area contributed by atoms with Crippen molar-refractivity contribution in [3.05, 3.63) is 57.4 Å². The highest BCUT2D eigenvalue weighted by atomic mass is 16.4. The molecule has 0 saturated carbocycles. The van der Waals surface area contributed by atoms with Crippen LogP contribution in [0.4, 0.5) is 0 Å². The summed E-state index contributed by atoms with van der Waals surface area (Å²) in [6, 6.07) is 8.19. The summed E-state index contributed by atoms with van der Waals surface area (Å²) in [6.45, 7) is 3.89. The van der Waals surface area contributed by atoms with Gasteiger partial charge in [0, 0.05) is 6.42 Å². The number of oxazole rings is 1. The van der Waals surface area contributed by atoms with Crippen molar-refractivity contribution in [2.75, 3.05) is 0 Å². The number of aryl methyl sites for hydroxylation is 2. The van der Waals surface area contributed by atoms with Gasteiger partial charge in [0.25, 0.3) is 0 Å². The third kappa shape index (κ3) is 2.18. The molecule has 0 aliphatic heterocycles. The van der Waals surface area contributed by atoms with Crippen molar-refractivity contribution in [1.29, 1.82) is 0 Å². The van der Waals surface area contributed by atoms with Gasteiger partial charge < -0.3 is 4.42 Å². The number of nitrogens with one attached hydrogen (secondary N) is 1. The SMILES string of the molecule is Cc1ccc(Cc2oc(=O)[nH]c2C)cc1. The first kappa shape index (κ1) is 9.77. The largest absolute Gasteiger partial charge is 0.416 e. The first-order chi connectivity index (χ1) is 7.15. The molecule has 0 atom stereocenters. The van der Waals surface area contributed by atoms with Gasteiger partial charge in [-0.05, 0) is 19.4 Å². The summed E-state index contributed by atoms with van der Waals surface area (Å²) in [5, 5.41) is 0. The van der Waals surface area contributed by atoms with E-state index < -0.39 is 0 Å². The lowest BCUT2D eigenvalue weighted by Gasteiger charge is -1.99. The fourth-order valence-electron chi connectivity index (χ4n) is 1.50. The molecule has 0 unspecified atom stereocenters. The third-order valence-corrected chi connectivity index (χ3v) is 2.41. The van der Waals surface area contributed by atoms with E-state index in [1.54, 1.807) is 0 Å². The Hall–Kier alpha value is -1.77. The molecule has 2 aromatic rings. The first-order valence-corrected chi connectivity index (χ1v) is 4.89. The fraction of sp³-hybridized carbons (Fsp3) is 0.250. The Morgan fingerprint density at radius 3 is 2.40 bits per heavy atom. The number of benzene rings is 1. The van der Waals surface area contributed by atoms with Gasteiger partial charge in [-0.15, -0.1) is 0 Å². The molecule has 0 spiro atoms. The van der Waals surface area contributed by atoms with Crippen LogP contribution in [0, 0.1) is 13.8 Å². The van der Waals surface area contributed by atoms with Gasteiger partial charge in [0.05, 0.1) is 5.69 Å². The van der Waals surface area contributed by atoms with Crippen LogP contribution in [0.1, 0.15) is 22.6 Å². The van der Waals surface area contributed by atoms with Crippen LogP contribution >= 0.6 is 0 Å². The van der Waals surface area contributed by atoms with Gasteiger partial charge in [-0.3, -0.25) is 4.98 Å². The Kier molecular flexibility index (Phi) is 2.46. The molecular weight excluding hydrogens is 190 g/mol. The molecule has 0 fully saturated rings. The van der Waals surface area contributed by atoms with E-state index in [9.17, 15) is 4.79 Å². The Balaban J connectivity index is 2.25. The molecule has 0 aliphatic carbocycles. The van der Waals surface area contributed by atoms with Crippen LogP contribution in [0.2, 0.25) is 0 Å². The predicted molar refractivity (Wildman–Crippen MR) is 58.1 cm³/mol. The molecule has 2 rings (SSSR count). The summed E-state index contributed by atoms with van der Waals surface area (Å²) < 4.78 is 5.04. The summed E-state index contributed by atoms with van der Waals surface area (Å²) in [6.07, 6.45) is 0.658. The second-order valence-corrected chi connectivity index (χ2v) is 3.73. The van der Waals surface area contributed by atoms with E-state index in [0.29, 0.717) is 12.2 Å².